The van der Waals surface area contributed by atoms with E-state index in [1.54, 1.807) is 6.08 Å². The number of halogens is 1. The van der Waals surface area contributed by atoms with Gasteiger partial charge < -0.3 is 9.80 Å². The second-order valence-corrected chi connectivity index (χ2v) is 7.74. The number of fused-ring (bicyclic) bond motifs is 1. The molecule has 0 radical (unpaired) electrons. The zero-order valence-electron chi connectivity index (χ0n) is 16.3. The number of allylic oxidation sites excluding steroid dienone is 5. The van der Waals surface area contributed by atoms with Crippen LogP contribution in [0, 0.1) is 5.92 Å². The van der Waals surface area contributed by atoms with E-state index < -0.39 is 0 Å². The Morgan fingerprint density at radius 1 is 1.38 bits per heavy atom. The summed E-state index contributed by atoms with van der Waals surface area (Å²) in [7, 11) is 2.04. The van der Waals surface area contributed by atoms with Crippen LogP contribution in [0.25, 0.3) is 0 Å². The molecule has 1 unspecified atom stereocenters. The van der Waals surface area contributed by atoms with Crippen LogP contribution in [0.4, 0.5) is 0 Å². The summed E-state index contributed by atoms with van der Waals surface area (Å²) in [5.41, 5.74) is 3.21. The molecule has 1 saturated heterocycles. The lowest BCUT2D eigenvalue weighted by Crippen LogP contribution is -2.28. The number of likely N-dealkylation sites (N-methyl/N-ethyl adjacent to an activating group) is 1. The molecule has 0 spiro atoms. The Morgan fingerprint density at radius 3 is 2.85 bits per heavy atom. The lowest BCUT2D eigenvalue weighted by Gasteiger charge is -2.31. The second-order valence-electron chi connectivity index (χ2n) is 7.40. The maximum Gasteiger partial charge on any atom is 0.268 e. The molecule has 0 N–H and O–H groups in total. The highest BCUT2D eigenvalue weighted by Crippen LogP contribution is 2.35. The Labute approximate surface area is 162 Å². The van der Waals surface area contributed by atoms with E-state index in [4.69, 9.17) is 11.6 Å². The van der Waals surface area contributed by atoms with Crippen LogP contribution in [0.2, 0.25) is 0 Å². The summed E-state index contributed by atoms with van der Waals surface area (Å²) in [5.74, 6) is 0.728. The van der Waals surface area contributed by atoms with E-state index in [2.05, 4.69) is 23.6 Å². The first-order chi connectivity index (χ1) is 12.4. The lowest BCUT2D eigenvalue weighted by atomic mass is 9.93. The first-order valence-corrected chi connectivity index (χ1v) is 10.0. The molecule has 4 nitrogen and oxygen atoms in total. The molecule has 0 aromatic carbocycles. The number of carbonyl (C=O) groups is 2. The molecule has 1 fully saturated rings. The number of hydrogen-bond acceptors (Lipinski definition) is 4. The van der Waals surface area contributed by atoms with Gasteiger partial charge in [-0.1, -0.05) is 19.1 Å². The van der Waals surface area contributed by atoms with Crippen molar-refractivity contribution in [3.63, 3.8) is 0 Å². The van der Waals surface area contributed by atoms with Crippen molar-refractivity contribution in [3.05, 3.63) is 35.2 Å². The van der Waals surface area contributed by atoms with Crippen LogP contribution in [-0.4, -0.2) is 47.5 Å². The molecular weight excluding hydrogens is 348 g/mol. The fourth-order valence-corrected chi connectivity index (χ4v) is 3.83. The van der Waals surface area contributed by atoms with Gasteiger partial charge in [0.1, 0.15) is 0 Å². The number of ketones is 1. The summed E-state index contributed by atoms with van der Waals surface area (Å²) >= 11 is 5.77. The summed E-state index contributed by atoms with van der Waals surface area (Å²) in [6.07, 6.45) is 11.0. The fraction of sp³-hybridized carbons (Fsp3) is 0.619. The minimum Gasteiger partial charge on any atom is -0.341 e. The smallest absolute Gasteiger partial charge is 0.268 e. The van der Waals surface area contributed by atoms with Gasteiger partial charge in [0.05, 0.1) is 5.70 Å². The molecule has 0 aliphatic carbocycles. The predicted molar refractivity (Wildman–Crippen MR) is 107 cm³/mol. The van der Waals surface area contributed by atoms with Gasteiger partial charge in [0.25, 0.3) is 5.24 Å². The molecule has 2 heterocycles. The van der Waals surface area contributed by atoms with Crippen LogP contribution in [-0.2, 0) is 9.59 Å². The van der Waals surface area contributed by atoms with Crippen LogP contribution in [0.5, 0.6) is 0 Å². The summed E-state index contributed by atoms with van der Waals surface area (Å²) in [4.78, 5) is 28.1. The highest BCUT2D eigenvalue weighted by Gasteiger charge is 2.28. The van der Waals surface area contributed by atoms with E-state index in [1.165, 1.54) is 11.3 Å². The van der Waals surface area contributed by atoms with Crippen LogP contribution >= 0.6 is 11.6 Å². The Balaban J connectivity index is 1.87. The second kappa shape index (κ2) is 10.1. The van der Waals surface area contributed by atoms with Gasteiger partial charge in [-0.2, -0.15) is 0 Å². The summed E-state index contributed by atoms with van der Waals surface area (Å²) in [6.45, 7) is 6.84. The minimum absolute atomic E-state index is 0.211. The van der Waals surface area contributed by atoms with Gasteiger partial charge in [0, 0.05) is 25.2 Å². The van der Waals surface area contributed by atoms with E-state index in [0.29, 0.717) is 18.0 Å². The number of nitrogens with zero attached hydrogens (tertiary/aromatic N) is 2. The van der Waals surface area contributed by atoms with E-state index in [9.17, 15) is 9.59 Å². The fourth-order valence-electron chi connectivity index (χ4n) is 3.65. The molecule has 1 atom stereocenters. The van der Waals surface area contributed by atoms with Gasteiger partial charge in [0.2, 0.25) is 0 Å². The molecule has 0 bridgehead atoms. The van der Waals surface area contributed by atoms with Crippen molar-refractivity contribution < 1.29 is 9.59 Å². The third kappa shape index (κ3) is 5.82. The van der Waals surface area contributed by atoms with E-state index in [1.807, 2.05) is 19.2 Å². The van der Waals surface area contributed by atoms with Gasteiger partial charge >= 0.3 is 0 Å². The molecule has 2 rings (SSSR count). The topological polar surface area (TPSA) is 40.6 Å². The normalized spacial score (nSPS) is 21.0. The molecule has 0 aromatic heterocycles. The van der Waals surface area contributed by atoms with Crippen LogP contribution < -0.4 is 0 Å². The van der Waals surface area contributed by atoms with E-state index >= 15 is 0 Å². The molecule has 2 aliphatic rings. The molecule has 144 valence electrons. The van der Waals surface area contributed by atoms with Crippen molar-refractivity contribution in [1.29, 1.82) is 0 Å². The zero-order chi connectivity index (χ0) is 19.1. The quantitative estimate of drug-likeness (QED) is 0.467. The first-order valence-electron chi connectivity index (χ1n) is 9.66. The van der Waals surface area contributed by atoms with Gasteiger partial charge in [-0.15, -0.1) is 0 Å². The highest BCUT2D eigenvalue weighted by molar-refractivity contribution is 6.67. The molecular formula is C21H31ClN2O2. The Kier molecular flexibility index (Phi) is 8.11. The molecule has 2 aliphatic heterocycles. The molecule has 26 heavy (non-hydrogen) atoms. The number of carbonyl (C=O) groups excluding carboxylic acids is 2. The van der Waals surface area contributed by atoms with Gasteiger partial charge in [-0.3, -0.25) is 9.59 Å². The third-order valence-corrected chi connectivity index (χ3v) is 5.72. The highest BCUT2D eigenvalue weighted by atomic mass is 35.5. The number of hydrogen-bond donors (Lipinski definition) is 0. The van der Waals surface area contributed by atoms with Crippen molar-refractivity contribution in [2.75, 3.05) is 26.7 Å². The molecule has 0 aromatic rings. The standard InChI is InChI=1S/C21H31ClN2O2/c1-4-23(3)14-5-6-18(25)10-8-17-9-12-19-16(2)7-11-20(21(22)26)24(19)15-13-17/h5-6,11,17H,4,7-10,12-15H2,1-3H3/b6-5+. The first kappa shape index (κ1) is 20.9. The lowest BCUT2D eigenvalue weighted by molar-refractivity contribution is -0.115. The average molecular weight is 379 g/mol. The molecule has 5 heteroatoms. The van der Waals surface area contributed by atoms with Crippen molar-refractivity contribution in [1.82, 2.24) is 9.80 Å². The average Bonchev–Trinajstić information content (AvgIpc) is 2.83. The zero-order valence-corrected chi connectivity index (χ0v) is 17.0. The largest absolute Gasteiger partial charge is 0.341 e. The van der Waals surface area contributed by atoms with Crippen molar-refractivity contribution in [2.24, 2.45) is 5.92 Å². The molecule has 0 amide bonds. The third-order valence-electron chi connectivity index (χ3n) is 5.52. The maximum absolute atomic E-state index is 12.1. The summed E-state index contributed by atoms with van der Waals surface area (Å²) in [6, 6.07) is 0. The van der Waals surface area contributed by atoms with Crippen LogP contribution in [0.15, 0.2) is 35.2 Å². The van der Waals surface area contributed by atoms with Crippen molar-refractivity contribution >= 4 is 22.6 Å². The Morgan fingerprint density at radius 2 is 2.15 bits per heavy atom. The van der Waals surface area contributed by atoms with Crippen molar-refractivity contribution in [2.45, 2.75) is 52.4 Å². The summed E-state index contributed by atoms with van der Waals surface area (Å²) < 4.78 is 0. The maximum atomic E-state index is 12.1. The van der Waals surface area contributed by atoms with Gasteiger partial charge in [-0.05, 0) is 81.8 Å². The van der Waals surface area contributed by atoms with E-state index in [-0.39, 0.29) is 11.0 Å². The van der Waals surface area contributed by atoms with Crippen LogP contribution in [0.1, 0.15) is 52.4 Å². The molecule has 0 saturated carbocycles. The van der Waals surface area contributed by atoms with Crippen LogP contribution in [0.3, 0.4) is 0 Å². The van der Waals surface area contributed by atoms with Crippen molar-refractivity contribution in [3.8, 4) is 0 Å². The Hall–Kier alpha value is -1.39. The van der Waals surface area contributed by atoms with Gasteiger partial charge in [-0.25, -0.2) is 0 Å². The minimum atomic E-state index is -0.370. The monoisotopic (exact) mass is 378 g/mol. The van der Waals surface area contributed by atoms with Gasteiger partial charge in [0.15, 0.2) is 5.78 Å². The Bertz CT molecular complexity index is 622. The van der Waals surface area contributed by atoms with E-state index in [0.717, 1.165) is 51.7 Å². The number of rotatable bonds is 8. The SMILES string of the molecule is CCN(C)C/C=C/C(=O)CCC1CCC2=C(C)CC=C(C(=O)Cl)N2CC1. The summed E-state index contributed by atoms with van der Waals surface area (Å²) in [5, 5.41) is -0.370. The predicted octanol–water partition coefficient (Wildman–Crippen LogP) is 4.27.